The van der Waals surface area contributed by atoms with Crippen molar-refractivity contribution in [2.45, 2.75) is 23.1 Å². The van der Waals surface area contributed by atoms with Crippen LogP contribution in [0.1, 0.15) is 12.5 Å². The summed E-state index contributed by atoms with van der Waals surface area (Å²) < 4.78 is 5.87. The highest BCUT2D eigenvalue weighted by Crippen LogP contribution is 2.28. The Bertz CT molecular complexity index is 673. The number of rotatable bonds is 9. The molecule has 0 spiro atoms. The van der Waals surface area contributed by atoms with Gasteiger partial charge >= 0.3 is 0 Å². The molecule has 0 saturated carbocycles. The van der Waals surface area contributed by atoms with Gasteiger partial charge in [-0.2, -0.15) is 0 Å². The van der Waals surface area contributed by atoms with E-state index in [1.54, 1.807) is 13.2 Å². The van der Waals surface area contributed by atoms with Gasteiger partial charge in [0.2, 0.25) is 11.0 Å². The maximum absolute atomic E-state index is 12.2. The van der Waals surface area contributed by atoms with Crippen LogP contribution < -0.4 is 15.4 Å². The molecule has 1 unspecified atom stereocenters. The summed E-state index contributed by atoms with van der Waals surface area (Å²) in [5.41, 5.74) is 1.02. The van der Waals surface area contributed by atoms with Gasteiger partial charge in [-0.3, -0.25) is 4.79 Å². The van der Waals surface area contributed by atoms with Crippen molar-refractivity contribution in [3.05, 3.63) is 42.5 Å². The fourth-order valence-electron chi connectivity index (χ4n) is 1.77. The number of carbonyl (C=O) groups excluding carboxylic acids is 1. The average molecular weight is 364 g/mol. The molecular weight excluding hydrogens is 344 g/mol. The highest BCUT2D eigenvalue weighted by molar-refractivity contribution is 8.02. The Labute approximate surface area is 149 Å². The predicted molar refractivity (Wildman–Crippen MR) is 98.8 cm³/mol. The van der Waals surface area contributed by atoms with Crippen molar-refractivity contribution >= 4 is 34.1 Å². The van der Waals surface area contributed by atoms with E-state index in [4.69, 9.17) is 4.74 Å². The predicted octanol–water partition coefficient (Wildman–Crippen LogP) is 2.94. The van der Waals surface area contributed by atoms with E-state index in [1.165, 1.54) is 23.1 Å². The van der Waals surface area contributed by atoms with Crippen LogP contribution in [-0.4, -0.2) is 35.0 Å². The van der Waals surface area contributed by atoms with Crippen molar-refractivity contribution in [3.8, 4) is 5.75 Å². The first-order chi connectivity index (χ1) is 11.6. The van der Waals surface area contributed by atoms with Crippen molar-refractivity contribution in [2.24, 2.45) is 0 Å². The molecule has 0 aliphatic carbocycles. The lowest BCUT2D eigenvalue weighted by Crippen LogP contribution is -2.30. The summed E-state index contributed by atoms with van der Waals surface area (Å²) in [5, 5.41) is 14.6. The quantitative estimate of drug-likeness (QED) is 0.526. The third-order valence-electron chi connectivity index (χ3n) is 3.08. The van der Waals surface area contributed by atoms with Crippen LogP contribution in [-0.2, 0) is 11.3 Å². The number of nitrogens with zero attached hydrogens (tertiary/aromatic N) is 2. The van der Waals surface area contributed by atoms with E-state index in [9.17, 15) is 4.79 Å². The Balaban J connectivity index is 1.80. The molecule has 0 radical (unpaired) electrons. The number of anilines is 1. The fraction of sp³-hybridized carbons (Fsp3) is 0.312. The summed E-state index contributed by atoms with van der Waals surface area (Å²) >= 11 is 2.82. The van der Waals surface area contributed by atoms with Crippen molar-refractivity contribution in [1.29, 1.82) is 0 Å². The molecule has 24 heavy (non-hydrogen) atoms. The molecule has 1 atom stereocenters. The largest absolute Gasteiger partial charge is 0.497 e. The fourth-order valence-corrected chi connectivity index (χ4v) is 3.70. The minimum atomic E-state index is -0.247. The first kappa shape index (κ1) is 18.3. The number of nitrogens with one attached hydrogen (secondary N) is 2. The molecule has 2 rings (SSSR count). The molecule has 1 aromatic carbocycles. The number of ether oxygens (including phenoxy) is 1. The highest BCUT2D eigenvalue weighted by Gasteiger charge is 2.16. The van der Waals surface area contributed by atoms with E-state index in [0.29, 0.717) is 13.1 Å². The first-order valence-corrected chi connectivity index (χ1v) is 9.07. The minimum Gasteiger partial charge on any atom is -0.497 e. The van der Waals surface area contributed by atoms with E-state index in [1.807, 2.05) is 31.2 Å². The van der Waals surface area contributed by atoms with Crippen LogP contribution in [0.4, 0.5) is 5.13 Å². The van der Waals surface area contributed by atoms with Gasteiger partial charge in [-0.05, 0) is 24.6 Å². The molecule has 1 heterocycles. The van der Waals surface area contributed by atoms with Crippen molar-refractivity contribution in [3.63, 3.8) is 0 Å². The summed E-state index contributed by atoms with van der Waals surface area (Å²) in [7, 11) is 1.63. The number of methoxy groups -OCH3 is 1. The second-order valence-electron chi connectivity index (χ2n) is 4.87. The summed E-state index contributed by atoms with van der Waals surface area (Å²) in [6.45, 7) is 6.61. The van der Waals surface area contributed by atoms with Crippen LogP contribution in [0.15, 0.2) is 41.3 Å². The molecule has 2 N–H and O–H groups in total. The Kier molecular flexibility index (Phi) is 7.07. The summed E-state index contributed by atoms with van der Waals surface area (Å²) in [5.74, 6) is 0.762. The van der Waals surface area contributed by atoms with Gasteiger partial charge in [0.1, 0.15) is 5.75 Å². The van der Waals surface area contributed by atoms with Crippen molar-refractivity contribution < 1.29 is 9.53 Å². The van der Waals surface area contributed by atoms with Gasteiger partial charge in [-0.25, -0.2) is 0 Å². The monoisotopic (exact) mass is 364 g/mol. The third-order valence-corrected chi connectivity index (χ3v) is 5.14. The number of hydrogen-bond donors (Lipinski definition) is 2. The smallest absolute Gasteiger partial charge is 0.233 e. The van der Waals surface area contributed by atoms with Crippen LogP contribution in [0.25, 0.3) is 0 Å². The second-order valence-corrected chi connectivity index (χ2v) is 7.43. The first-order valence-electron chi connectivity index (χ1n) is 7.38. The molecule has 1 aromatic heterocycles. The van der Waals surface area contributed by atoms with Crippen LogP contribution >= 0.6 is 23.1 Å². The molecule has 0 fully saturated rings. The van der Waals surface area contributed by atoms with Crippen LogP contribution in [0, 0.1) is 0 Å². The maximum atomic E-state index is 12.2. The zero-order valence-corrected chi connectivity index (χ0v) is 15.2. The van der Waals surface area contributed by atoms with Gasteiger partial charge in [0.05, 0.1) is 12.4 Å². The topological polar surface area (TPSA) is 76.1 Å². The number of carbonyl (C=O) groups is 1. The van der Waals surface area contributed by atoms with E-state index < -0.39 is 0 Å². The highest BCUT2D eigenvalue weighted by atomic mass is 32.2. The number of benzene rings is 1. The number of aromatic nitrogens is 2. The van der Waals surface area contributed by atoms with Crippen LogP contribution in [0.3, 0.4) is 0 Å². The van der Waals surface area contributed by atoms with Gasteiger partial charge in [0.15, 0.2) is 4.34 Å². The lowest BCUT2D eigenvalue weighted by atomic mass is 10.2. The molecule has 0 aliphatic heterocycles. The van der Waals surface area contributed by atoms with E-state index >= 15 is 0 Å². The Morgan fingerprint density at radius 1 is 1.42 bits per heavy atom. The summed E-state index contributed by atoms with van der Waals surface area (Å²) in [6, 6.07) is 7.61. The third kappa shape index (κ3) is 5.54. The van der Waals surface area contributed by atoms with Crippen molar-refractivity contribution in [2.75, 3.05) is 19.0 Å². The number of hydrogen-bond acceptors (Lipinski definition) is 7. The molecular formula is C16H20N4O2S2. The number of amides is 1. The molecule has 2 aromatic rings. The lowest BCUT2D eigenvalue weighted by Gasteiger charge is -2.10. The molecule has 0 saturated heterocycles. The normalized spacial score (nSPS) is 11.6. The zero-order valence-electron chi connectivity index (χ0n) is 13.6. The molecule has 0 aliphatic rings. The molecule has 1 amide bonds. The second kappa shape index (κ2) is 9.29. The van der Waals surface area contributed by atoms with Gasteiger partial charge in [0.25, 0.3) is 0 Å². The van der Waals surface area contributed by atoms with Crippen LogP contribution in [0.5, 0.6) is 5.75 Å². The van der Waals surface area contributed by atoms with Crippen molar-refractivity contribution in [1.82, 2.24) is 15.5 Å². The maximum Gasteiger partial charge on any atom is 0.233 e. The standard InChI is InChI=1S/C16H20N4O2S2/c1-4-9-17-15-19-20-16(24-15)23-11(2)14(21)18-10-12-5-7-13(22-3)8-6-12/h4-8,11H,1,9-10H2,2-3H3,(H,17,19)(H,18,21). The minimum absolute atomic E-state index is 0.0355. The van der Waals surface area contributed by atoms with Gasteiger partial charge < -0.3 is 15.4 Å². The average Bonchev–Trinajstić information content (AvgIpc) is 3.05. The van der Waals surface area contributed by atoms with Gasteiger partial charge in [-0.1, -0.05) is 41.3 Å². The Hall–Kier alpha value is -2.06. The summed E-state index contributed by atoms with van der Waals surface area (Å²) in [6.07, 6.45) is 1.75. The van der Waals surface area contributed by atoms with Gasteiger partial charge in [-0.15, -0.1) is 16.8 Å². The lowest BCUT2D eigenvalue weighted by molar-refractivity contribution is -0.120. The summed E-state index contributed by atoms with van der Waals surface area (Å²) in [4.78, 5) is 12.2. The molecule has 8 heteroatoms. The molecule has 128 valence electrons. The van der Waals surface area contributed by atoms with E-state index in [0.717, 1.165) is 20.8 Å². The number of thioether (sulfide) groups is 1. The Morgan fingerprint density at radius 3 is 2.83 bits per heavy atom. The van der Waals surface area contributed by atoms with E-state index in [-0.39, 0.29) is 11.2 Å². The molecule has 0 bridgehead atoms. The SMILES string of the molecule is C=CCNc1nnc(SC(C)C(=O)NCc2ccc(OC)cc2)s1. The van der Waals surface area contributed by atoms with Gasteiger partial charge in [0, 0.05) is 13.1 Å². The Morgan fingerprint density at radius 2 is 2.17 bits per heavy atom. The van der Waals surface area contributed by atoms with Crippen LogP contribution in [0.2, 0.25) is 0 Å². The zero-order chi connectivity index (χ0) is 17.4. The molecule has 6 nitrogen and oxygen atoms in total. The van der Waals surface area contributed by atoms with E-state index in [2.05, 4.69) is 27.4 Å².